The van der Waals surface area contributed by atoms with Gasteiger partial charge in [0.25, 0.3) is 5.56 Å². The van der Waals surface area contributed by atoms with E-state index in [0.717, 1.165) is 10.5 Å². The first-order valence-corrected chi connectivity index (χ1v) is 7.17. The van der Waals surface area contributed by atoms with Crippen LogP contribution in [-0.4, -0.2) is 9.38 Å². The summed E-state index contributed by atoms with van der Waals surface area (Å²) in [6.07, 6.45) is 1.63. The van der Waals surface area contributed by atoms with E-state index in [0.29, 0.717) is 10.7 Å². The van der Waals surface area contributed by atoms with Crippen LogP contribution >= 0.6 is 11.8 Å². The maximum Gasteiger partial charge on any atom is 0.276 e. The van der Waals surface area contributed by atoms with Crippen LogP contribution < -0.4 is 5.56 Å². The lowest BCUT2D eigenvalue weighted by Gasteiger charge is -2.07. The molecule has 0 atom stereocenters. The van der Waals surface area contributed by atoms with Crippen LogP contribution in [0.15, 0.2) is 63.4 Å². The van der Waals surface area contributed by atoms with Crippen molar-refractivity contribution in [3.8, 4) is 6.07 Å². The summed E-state index contributed by atoms with van der Waals surface area (Å²) in [6.45, 7) is 1.89. The number of hydrogen-bond donors (Lipinski definition) is 0. The van der Waals surface area contributed by atoms with Crippen LogP contribution in [0.4, 0.5) is 0 Å². The number of rotatable bonds is 2. The Morgan fingerprint density at radius 1 is 1.19 bits per heavy atom. The molecular formula is C16H11N3OS. The monoisotopic (exact) mass is 293 g/mol. The van der Waals surface area contributed by atoms with Crippen molar-refractivity contribution in [1.29, 1.82) is 5.26 Å². The average molecular weight is 293 g/mol. The minimum Gasteiger partial charge on any atom is -0.267 e. The molecule has 21 heavy (non-hydrogen) atoms. The lowest BCUT2D eigenvalue weighted by Crippen LogP contribution is -2.19. The molecule has 0 fully saturated rings. The summed E-state index contributed by atoms with van der Waals surface area (Å²) in [5.41, 5.74) is 1.23. The van der Waals surface area contributed by atoms with Crippen molar-refractivity contribution in [2.45, 2.75) is 16.8 Å². The Labute approximate surface area is 125 Å². The Morgan fingerprint density at radius 3 is 2.67 bits per heavy atom. The van der Waals surface area contributed by atoms with Gasteiger partial charge in [0, 0.05) is 11.1 Å². The van der Waals surface area contributed by atoms with Gasteiger partial charge in [-0.25, -0.2) is 4.98 Å². The molecule has 102 valence electrons. The second kappa shape index (κ2) is 5.43. The predicted octanol–water partition coefficient (Wildman–Crippen LogP) is 3.03. The van der Waals surface area contributed by atoms with E-state index in [1.807, 2.05) is 49.4 Å². The van der Waals surface area contributed by atoms with Crippen molar-refractivity contribution >= 4 is 17.4 Å². The van der Waals surface area contributed by atoms with E-state index in [1.54, 1.807) is 12.3 Å². The van der Waals surface area contributed by atoms with E-state index in [9.17, 15) is 10.1 Å². The Morgan fingerprint density at radius 2 is 1.95 bits per heavy atom. The fourth-order valence-corrected chi connectivity index (χ4v) is 2.93. The van der Waals surface area contributed by atoms with Gasteiger partial charge in [-0.15, -0.1) is 0 Å². The van der Waals surface area contributed by atoms with E-state index in [2.05, 4.69) is 4.98 Å². The van der Waals surface area contributed by atoms with Crippen molar-refractivity contribution in [3.63, 3.8) is 0 Å². The van der Waals surface area contributed by atoms with Gasteiger partial charge in [0.15, 0.2) is 5.56 Å². The highest BCUT2D eigenvalue weighted by molar-refractivity contribution is 7.99. The first kappa shape index (κ1) is 13.4. The van der Waals surface area contributed by atoms with Crippen molar-refractivity contribution in [1.82, 2.24) is 9.38 Å². The molecule has 3 aromatic rings. The standard InChI is InChI=1S/C16H11N3OS/c1-11-6-5-9-19-14(11)18-15(13(10-17)16(19)20)21-12-7-3-2-4-8-12/h2-9H,1H3. The third-order valence-corrected chi connectivity index (χ3v) is 4.08. The van der Waals surface area contributed by atoms with E-state index < -0.39 is 0 Å². The molecule has 0 saturated heterocycles. The molecule has 0 saturated carbocycles. The molecule has 0 aliphatic rings. The lowest BCUT2D eigenvalue weighted by molar-refractivity contribution is 0.960. The molecule has 2 heterocycles. The molecule has 0 N–H and O–H groups in total. The minimum atomic E-state index is -0.329. The first-order chi connectivity index (χ1) is 10.2. The second-order valence-electron chi connectivity index (χ2n) is 4.51. The molecule has 0 bridgehead atoms. The largest absolute Gasteiger partial charge is 0.276 e. The molecule has 0 amide bonds. The predicted molar refractivity (Wildman–Crippen MR) is 81.5 cm³/mol. The fraction of sp³-hybridized carbons (Fsp3) is 0.0625. The molecule has 4 nitrogen and oxygen atoms in total. The molecule has 5 heteroatoms. The van der Waals surface area contributed by atoms with Crippen molar-refractivity contribution < 1.29 is 0 Å². The maximum absolute atomic E-state index is 12.4. The summed E-state index contributed by atoms with van der Waals surface area (Å²) < 4.78 is 1.42. The molecule has 0 unspecified atom stereocenters. The Kier molecular flexibility index (Phi) is 3.46. The highest BCUT2D eigenvalue weighted by atomic mass is 32.2. The van der Waals surface area contributed by atoms with Crippen LogP contribution in [0.2, 0.25) is 0 Å². The van der Waals surface area contributed by atoms with E-state index in [1.165, 1.54) is 16.2 Å². The first-order valence-electron chi connectivity index (χ1n) is 6.35. The van der Waals surface area contributed by atoms with Crippen molar-refractivity contribution in [3.05, 3.63) is 70.1 Å². The molecule has 0 aliphatic heterocycles. The fourth-order valence-electron chi connectivity index (χ4n) is 2.05. The highest BCUT2D eigenvalue weighted by Crippen LogP contribution is 2.27. The SMILES string of the molecule is Cc1cccn2c(=O)c(C#N)c(Sc3ccccc3)nc12. The van der Waals surface area contributed by atoms with Crippen LogP contribution in [0.3, 0.4) is 0 Å². The minimum absolute atomic E-state index is 0.0759. The zero-order chi connectivity index (χ0) is 14.8. The van der Waals surface area contributed by atoms with Gasteiger partial charge < -0.3 is 0 Å². The summed E-state index contributed by atoms with van der Waals surface area (Å²) in [5.74, 6) is 0. The zero-order valence-electron chi connectivity index (χ0n) is 11.3. The smallest absolute Gasteiger partial charge is 0.267 e. The van der Waals surface area contributed by atoms with E-state index >= 15 is 0 Å². The molecule has 0 spiro atoms. The normalized spacial score (nSPS) is 10.5. The number of aromatic nitrogens is 2. The molecule has 0 radical (unpaired) electrons. The van der Waals surface area contributed by atoms with Crippen molar-refractivity contribution in [2.24, 2.45) is 0 Å². The van der Waals surface area contributed by atoms with Crippen molar-refractivity contribution in [2.75, 3.05) is 0 Å². The molecule has 1 aromatic carbocycles. The van der Waals surface area contributed by atoms with Gasteiger partial charge in [-0.05, 0) is 30.7 Å². The van der Waals surface area contributed by atoms with Gasteiger partial charge in [-0.2, -0.15) is 5.26 Å². The summed E-state index contributed by atoms with van der Waals surface area (Å²) >= 11 is 1.33. The van der Waals surface area contributed by atoms with Crippen LogP contribution in [-0.2, 0) is 0 Å². The van der Waals surface area contributed by atoms with Gasteiger partial charge in [0.2, 0.25) is 0 Å². The number of nitriles is 1. The van der Waals surface area contributed by atoms with Crippen LogP contribution in [0.5, 0.6) is 0 Å². The van der Waals surface area contributed by atoms with Crippen LogP contribution in [0, 0.1) is 18.3 Å². The number of hydrogen-bond acceptors (Lipinski definition) is 4. The summed E-state index contributed by atoms with van der Waals surface area (Å²) in [6, 6.07) is 15.2. The zero-order valence-corrected chi connectivity index (χ0v) is 12.1. The molecule has 3 rings (SSSR count). The number of benzene rings is 1. The second-order valence-corrected chi connectivity index (χ2v) is 5.57. The Hall–Kier alpha value is -2.58. The van der Waals surface area contributed by atoms with Gasteiger partial charge in [-0.1, -0.05) is 36.0 Å². The van der Waals surface area contributed by atoms with Crippen LogP contribution in [0.25, 0.3) is 5.65 Å². The third kappa shape index (κ3) is 2.41. The summed E-state index contributed by atoms with van der Waals surface area (Å²) in [4.78, 5) is 17.9. The molecule has 0 aliphatic carbocycles. The summed E-state index contributed by atoms with van der Waals surface area (Å²) in [7, 11) is 0. The summed E-state index contributed by atoms with van der Waals surface area (Å²) in [5, 5.41) is 9.74. The molecule has 2 aromatic heterocycles. The van der Waals surface area contributed by atoms with Crippen LogP contribution in [0.1, 0.15) is 11.1 Å². The maximum atomic E-state index is 12.4. The van der Waals surface area contributed by atoms with E-state index in [4.69, 9.17) is 0 Å². The quantitative estimate of drug-likeness (QED) is 0.681. The highest BCUT2D eigenvalue weighted by Gasteiger charge is 2.14. The average Bonchev–Trinajstić information content (AvgIpc) is 2.50. The number of nitrogens with zero attached hydrogens (tertiary/aromatic N) is 3. The third-order valence-electron chi connectivity index (χ3n) is 3.09. The molecular weight excluding hydrogens is 282 g/mol. The van der Waals surface area contributed by atoms with E-state index in [-0.39, 0.29) is 11.1 Å². The lowest BCUT2D eigenvalue weighted by atomic mass is 10.3. The topological polar surface area (TPSA) is 58.2 Å². The number of pyridine rings is 1. The number of fused-ring (bicyclic) bond motifs is 1. The Bertz CT molecular complexity index is 910. The number of aryl methyl sites for hydroxylation is 1. The Balaban J connectivity index is 2.25. The van der Waals surface area contributed by atoms with Gasteiger partial charge in [0.05, 0.1) is 0 Å². The van der Waals surface area contributed by atoms with Gasteiger partial charge >= 0.3 is 0 Å². The van der Waals surface area contributed by atoms with Gasteiger partial charge in [0.1, 0.15) is 16.7 Å². The van der Waals surface area contributed by atoms with Gasteiger partial charge in [-0.3, -0.25) is 9.20 Å².